The normalized spacial score (nSPS) is 11.0. The van der Waals surface area contributed by atoms with E-state index in [0.717, 1.165) is 6.20 Å². The molecule has 9 nitrogen and oxygen atoms in total. The Bertz CT molecular complexity index is 561. The van der Waals surface area contributed by atoms with Crippen LogP contribution >= 0.6 is 11.6 Å². The second-order valence-electron chi connectivity index (χ2n) is 5.35. The highest BCUT2D eigenvalue weighted by molar-refractivity contribution is 6.28. The van der Waals surface area contributed by atoms with Crippen LogP contribution in [0.5, 0.6) is 0 Å². The molecule has 0 radical (unpaired) electrons. The Kier molecular flexibility index (Phi) is 5.86. The molecule has 1 aromatic heterocycles. The van der Waals surface area contributed by atoms with Crippen LogP contribution in [0.4, 0.5) is 16.3 Å². The summed E-state index contributed by atoms with van der Waals surface area (Å²) in [6.07, 6.45) is 0.545. The molecule has 0 unspecified atom stereocenters. The SMILES string of the molecule is COC(=O)N(CCNc1nc(Cl)ncc1[N+](=O)[O-])C(C)(C)C. The van der Waals surface area contributed by atoms with Gasteiger partial charge in [0.2, 0.25) is 11.1 Å². The topological polar surface area (TPSA) is 110 Å². The number of carbonyl (C=O) groups is 1. The number of methoxy groups -OCH3 is 1. The Balaban J connectivity index is 2.80. The fraction of sp³-hybridized carbons (Fsp3) is 0.583. The summed E-state index contributed by atoms with van der Waals surface area (Å²) in [7, 11) is 1.30. The average molecular weight is 332 g/mol. The maximum atomic E-state index is 11.8. The number of hydrogen-bond acceptors (Lipinski definition) is 7. The Hall–Kier alpha value is -2.16. The van der Waals surface area contributed by atoms with E-state index in [1.54, 1.807) is 0 Å². The van der Waals surface area contributed by atoms with Gasteiger partial charge in [-0.2, -0.15) is 4.98 Å². The zero-order chi connectivity index (χ0) is 16.9. The molecular weight excluding hydrogens is 314 g/mol. The van der Waals surface area contributed by atoms with E-state index in [0.29, 0.717) is 0 Å². The quantitative estimate of drug-likeness (QED) is 0.500. The number of hydrogen-bond donors (Lipinski definition) is 1. The third-order valence-corrected chi connectivity index (χ3v) is 2.95. The van der Waals surface area contributed by atoms with Crippen molar-refractivity contribution < 1.29 is 14.5 Å². The first-order chi connectivity index (χ1) is 10.2. The summed E-state index contributed by atoms with van der Waals surface area (Å²) in [5.74, 6) is 0.00345. The summed E-state index contributed by atoms with van der Waals surface area (Å²) in [5, 5.41) is 13.6. The Morgan fingerprint density at radius 3 is 2.68 bits per heavy atom. The molecule has 0 aliphatic carbocycles. The van der Waals surface area contributed by atoms with Gasteiger partial charge in [0.1, 0.15) is 6.20 Å². The number of nitrogens with zero attached hydrogens (tertiary/aromatic N) is 4. The fourth-order valence-corrected chi connectivity index (χ4v) is 1.85. The van der Waals surface area contributed by atoms with Crippen molar-refractivity contribution in [2.75, 3.05) is 25.5 Å². The lowest BCUT2D eigenvalue weighted by Crippen LogP contribution is -2.47. The second-order valence-corrected chi connectivity index (χ2v) is 5.69. The molecular formula is C12H18ClN5O4. The van der Waals surface area contributed by atoms with E-state index in [-0.39, 0.29) is 29.9 Å². The molecule has 0 fully saturated rings. The molecule has 0 aromatic carbocycles. The fourth-order valence-electron chi connectivity index (χ4n) is 1.71. The molecule has 122 valence electrons. The Labute approximate surface area is 132 Å². The molecule has 1 rings (SSSR count). The molecule has 0 aliphatic heterocycles. The molecule has 0 saturated carbocycles. The number of nitrogens with one attached hydrogen (secondary N) is 1. The minimum absolute atomic E-state index is 0.00345. The van der Waals surface area contributed by atoms with Crippen molar-refractivity contribution in [1.29, 1.82) is 0 Å². The molecule has 1 heterocycles. The molecule has 0 aliphatic rings. The highest BCUT2D eigenvalue weighted by atomic mass is 35.5. The first kappa shape index (κ1) is 17.9. The number of halogens is 1. The van der Waals surface area contributed by atoms with E-state index < -0.39 is 16.6 Å². The van der Waals surface area contributed by atoms with Crippen LogP contribution in [0.3, 0.4) is 0 Å². The zero-order valence-electron chi connectivity index (χ0n) is 12.8. The minimum atomic E-state index is -0.611. The number of anilines is 1. The maximum absolute atomic E-state index is 11.8. The van der Waals surface area contributed by atoms with Gasteiger partial charge in [-0.1, -0.05) is 0 Å². The number of amides is 1. The van der Waals surface area contributed by atoms with Gasteiger partial charge in [-0.3, -0.25) is 10.1 Å². The molecule has 0 bridgehead atoms. The van der Waals surface area contributed by atoms with Crippen LogP contribution in [-0.2, 0) is 4.74 Å². The van der Waals surface area contributed by atoms with E-state index in [1.165, 1.54) is 12.0 Å². The van der Waals surface area contributed by atoms with E-state index in [2.05, 4.69) is 15.3 Å². The van der Waals surface area contributed by atoms with Crippen LogP contribution in [0.2, 0.25) is 5.28 Å². The maximum Gasteiger partial charge on any atom is 0.409 e. The summed E-state index contributed by atoms with van der Waals surface area (Å²) in [5.41, 5.74) is -0.742. The van der Waals surface area contributed by atoms with Crippen LogP contribution in [0, 0.1) is 10.1 Å². The lowest BCUT2D eigenvalue weighted by Gasteiger charge is -2.34. The van der Waals surface area contributed by atoms with Crippen LogP contribution in [0.1, 0.15) is 20.8 Å². The average Bonchev–Trinajstić information content (AvgIpc) is 2.41. The lowest BCUT2D eigenvalue weighted by atomic mass is 10.1. The van der Waals surface area contributed by atoms with Gasteiger partial charge in [0.25, 0.3) is 0 Å². The summed E-state index contributed by atoms with van der Waals surface area (Å²) in [4.78, 5) is 30.9. The number of aromatic nitrogens is 2. The van der Waals surface area contributed by atoms with Crippen molar-refractivity contribution in [3.05, 3.63) is 21.6 Å². The summed E-state index contributed by atoms with van der Waals surface area (Å²) >= 11 is 5.64. The van der Waals surface area contributed by atoms with Gasteiger partial charge in [0, 0.05) is 18.6 Å². The van der Waals surface area contributed by atoms with Gasteiger partial charge >= 0.3 is 11.8 Å². The van der Waals surface area contributed by atoms with Crippen LogP contribution in [-0.4, -0.2) is 51.6 Å². The van der Waals surface area contributed by atoms with E-state index in [4.69, 9.17) is 16.3 Å². The number of carbonyl (C=O) groups excluding carboxylic acids is 1. The van der Waals surface area contributed by atoms with Crippen LogP contribution in [0.25, 0.3) is 0 Å². The Morgan fingerprint density at radius 1 is 1.55 bits per heavy atom. The van der Waals surface area contributed by atoms with Gasteiger partial charge in [-0.15, -0.1) is 0 Å². The predicted octanol–water partition coefficient (Wildman–Crippen LogP) is 2.32. The smallest absolute Gasteiger partial charge is 0.409 e. The van der Waals surface area contributed by atoms with Gasteiger partial charge < -0.3 is 15.0 Å². The highest BCUT2D eigenvalue weighted by Crippen LogP contribution is 2.22. The van der Waals surface area contributed by atoms with Crippen molar-refractivity contribution in [1.82, 2.24) is 14.9 Å². The number of nitro groups is 1. The predicted molar refractivity (Wildman–Crippen MR) is 81.1 cm³/mol. The largest absolute Gasteiger partial charge is 0.453 e. The molecule has 10 heteroatoms. The molecule has 1 amide bonds. The van der Waals surface area contributed by atoms with Crippen LogP contribution < -0.4 is 5.32 Å². The second kappa shape index (κ2) is 7.21. The Morgan fingerprint density at radius 2 is 2.18 bits per heavy atom. The standard InChI is InChI=1S/C12H18ClN5O4/c1-12(2,3)17(11(19)22-4)6-5-14-9-8(18(20)21)7-15-10(13)16-9/h7H,5-6H2,1-4H3,(H,14,15,16). The summed E-state index contributed by atoms with van der Waals surface area (Å²) in [6, 6.07) is 0. The third kappa shape index (κ3) is 4.69. The summed E-state index contributed by atoms with van der Waals surface area (Å²) in [6.45, 7) is 6.07. The monoisotopic (exact) mass is 331 g/mol. The molecule has 0 saturated heterocycles. The van der Waals surface area contributed by atoms with Crippen molar-refractivity contribution in [3.63, 3.8) is 0 Å². The highest BCUT2D eigenvalue weighted by Gasteiger charge is 2.27. The van der Waals surface area contributed by atoms with Gasteiger partial charge in [-0.25, -0.2) is 9.78 Å². The van der Waals surface area contributed by atoms with Crippen molar-refractivity contribution in [2.24, 2.45) is 0 Å². The van der Waals surface area contributed by atoms with Gasteiger partial charge in [-0.05, 0) is 32.4 Å². The van der Waals surface area contributed by atoms with Crippen molar-refractivity contribution in [3.8, 4) is 0 Å². The van der Waals surface area contributed by atoms with E-state index in [9.17, 15) is 14.9 Å². The molecule has 0 atom stereocenters. The van der Waals surface area contributed by atoms with Gasteiger partial charge in [0.05, 0.1) is 12.0 Å². The number of rotatable bonds is 5. The molecule has 1 aromatic rings. The van der Waals surface area contributed by atoms with E-state index in [1.807, 2.05) is 20.8 Å². The van der Waals surface area contributed by atoms with Crippen LogP contribution in [0.15, 0.2) is 6.20 Å². The van der Waals surface area contributed by atoms with E-state index >= 15 is 0 Å². The molecule has 1 N–H and O–H groups in total. The van der Waals surface area contributed by atoms with Crippen molar-refractivity contribution in [2.45, 2.75) is 26.3 Å². The number of ether oxygens (including phenoxy) is 1. The summed E-state index contributed by atoms with van der Waals surface area (Å²) < 4.78 is 4.73. The molecule has 22 heavy (non-hydrogen) atoms. The van der Waals surface area contributed by atoms with Crippen molar-refractivity contribution >= 4 is 29.2 Å². The first-order valence-electron chi connectivity index (χ1n) is 6.43. The lowest BCUT2D eigenvalue weighted by molar-refractivity contribution is -0.384. The zero-order valence-corrected chi connectivity index (χ0v) is 13.5. The minimum Gasteiger partial charge on any atom is -0.453 e. The third-order valence-electron chi connectivity index (χ3n) is 2.77. The van der Waals surface area contributed by atoms with Gasteiger partial charge in [0.15, 0.2) is 0 Å². The first-order valence-corrected chi connectivity index (χ1v) is 6.81. The molecule has 0 spiro atoms.